The second-order valence-corrected chi connectivity index (χ2v) is 12.5. The molecular weight excluding hydrogens is 557 g/mol. The van der Waals surface area contributed by atoms with Gasteiger partial charge in [0.05, 0.1) is 36.8 Å². The first-order valence-electron chi connectivity index (χ1n) is 13.1. The van der Waals surface area contributed by atoms with E-state index in [0.717, 1.165) is 46.0 Å². The Balaban J connectivity index is 1.64. The molecule has 4 aromatic rings. The molecule has 0 spiro atoms. The lowest BCUT2D eigenvalue weighted by Crippen LogP contribution is -2.29. The maximum atomic E-state index is 11.9. The molecule has 214 valence electrons. The van der Waals surface area contributed by atoms with E-state index in [4.69, 9.17) is 17.0 Å². The third-order valence-electron chi connectivity index (χ3n) is 7.27. The van der Waals surface area contributed by atoms with Crippen molar-refractivity contribution < 1.29 is 13.2 Å². The average molecular weight is 591 g/mol. The Morgan fingerprint density at radius 1 is 1.02 bits per heavy atom. The van der Waals surface area contributed by atoms with Gasteiger partial charge < -0.3 is 24.4 Å². The number of nitrogens with one attached hydrogen (secondary N) is 2. The molecule has 1 saturated heterocycles. The number of thiocarbonyl (C=S) groups is 1. The Morgan fingerprint density at radius 2 is 1.73 bits per heavy atom. The normalized spacial score (nSPS) is 16.9. The van der Waals surface area contributed by atoms with E-state index in [1.165, 1.54) is 7.11 Å². The van der Waals surface area contributed by atoms with E-state index >= 15 is 0 Å². The second-order valence-electron chi connectivity index (χ2n) is 10.3. The van der Waals surface area contributed by atoms with Crippen LogP contribution < -0.4 is 24.6 Å². The highest BCUT2D eigenvalue weighted by molar-refractivity contribution is 7.92. The molecule has 5 rings (SSSR count). The lowest BCUT2D eigenvalue weighted by molar-refractivity contribution is 0.417. The Morgan fingerprint density at radius 3 is 2.34 bits per heavy atom. The average Bonchev–Trinajstić information content (AvgIpc) is 3.43. The standard InChI is InChI=1S/C30H34N6O3S2/c1-19-17-24(20(2)35(19)22-12-10-21(11-13-22)34(3)4)29-28(26-9-7-8-16-31-26)32-30(40)36(29)23-14-15-25(27(18-23)39-5)33-41(6,37)38/h7-18,28-29,33H,1-6H3,(H,32,40). The minimum Gasteiger partial charge on any atom is -0.494 e. The molecule has 0 radical (unpaired) electrons. The van der Waals surface area contributed by atoms with Crippen LogP contribution in [0.3, 0.4) is 0 Å². The van der Waals surface area contributed by atoms with Gasteiger partial charge in [-0.25, -0.2) is 8.42 Å². The molecule has 2 aromatic carbocycles. The predicted molar refractivity (Wildman–Crippen MR) is 169 cm³/mol. The number of ether oxygens (including phenoxy) is 1. The van der Waals surface area contributed by atoms with Gasteiger partial charge in [-0.15, -0.1) is 0 Å². The Kier molecular flexibility index (Phi) is 7.67. The third-order valence-corrected chi connectivity index (χ3v) is 8.18. The van der Waals surface area contributed by atoms with Crippen LogP contribution in [0.15, 0.2) is 72.9 Å². The number of benzene rings is 2. The van der Waals surface area contributed by atoms with Crippen LogP contribution in [0.25, 0.3) is 5.69 Å². The zero-order chi connectivity index (χ0) is 29.5. The summed E-state index contributed by atoms with van der Waals surface area (Å²) in [5, 5.41) is 4.04. The lowest BCUT2D eigenvalue weighted by Gasteiger charge is -2.29. The quantitative estimate of drug-likeness (QED) is 0.274. The van der Waals surface area contributed by atoms with E-state index < -0.39 is 10.0 Å². The Labute approximate surface area is 246 Å². The molecule has 11 heteroatoms. The van der Waals surface area contributed by atoms with Crippen LogP contribution in [0.2, 0.25) is 0 Å². The molecule has 0 bridgehead atoms. The number of pyridine rings is 1. The molecule has 0 amide bonds. The highest BCUT2D eigenvalue weighted by Crippen LogP contribution is 2.45. The lowest BCUT2D eigenvalue weighted by atomic mass is 9.96. The number of aromatic nitrogens is 2. The van der Waals surface area contributed by atoms with Crippen LogP contribution in [-0.2, 0) is 10.0 Å². The smallest absolute Gasteiger partial charge is 0.229 e. The van der Waals surface area contributed by atoms with Gasteiger partial charge in [0, 0.05) is 54.8 Å². The maximum absolute atomic E-state index is 11.9. The summed E-state index contributed by atoms with van der Waals surface area (Å²) in [5.74, 6) is 0.391. The van der Waals surface area contributed by atoms with E-state index in [2.05, 4.69) is 73.6 Å². The molecule has 0 aliphatic carbocycles. The third kappa shape index (κ3) is 5.59. The SMILES string of the molecule is COc1cc(N2C(=S)NC(c3ccccn3)C2c2cc(C)n(-c3ccc(N(C)C)cc3)c2C)ccc1NS(C)(=O)=O. The van der Waals surface area contributed by atoms with Crippen LogP contribution in [0, 0.1) is 13.8 Å². The van der Waals surface area contributed by atoms with Gasteiger partial charge in [0.1, 0.15) is 5.75 Å². The van der Waals surface area contributed by atoms with Gasteiger partial charge in [-0.3, -0.25) is 9.71 Å². The minimum absolute atomic E-state index is 0.228. The predicted octanol–water partition coefficient (Wildman–Crippen LogP) is 5.11. The van der Waals surface area contributed by atoms with Crippen molar-refractivity contribution >= 4 is 44.4 Å². The highest BCUT2D eigenvalue weighted by Gasteiger charge is 2.42. The van der Waals surface area contributed by atoms with Gasteiger partial charge in [-0.1, -0.05) is 6.07 Å². The molecule has 9 nitrogen and oxygen atoms in total. The minimum atomic E-state index is -3.49. The van der Waals surface area contributed by atoms with Crippen LogP contribution in [0.5, 0.6) is 5.75 Å². The van der Waals surface area contributed by atoms with E-state index in [-0.39, 0.29) is 12.1 Å². The Bertz CT molecular complexity index is 1690. The number of hydrogen-bond acceptors (Lipinski definition) is 6. The van der Waals surface area contributed by atoms with E-state index in [1.54, 1.807) is 18.3 Å². The number of nitrogens with zero attached hydrogens (tertiary/aromatic N) is 4. The highest BCUT2D eigenvalue weighted by atomic mass is 32.2. The van der Waals surface area contributed by atoms with Crippen LogP contribution in [0.1, 0.15) is 34.7 Å². The monoisotopic (exact) mass is 590 g/mol. The van der Waals surface area contributed by atoms with Crippen molar-refractivity contribution in [2.75, 3.05) is 42.0 Å². The maximum Gasteiger partial charge on any atom is 0.229 e. The van der Waals surface area contributed by atoms with Crippen molar-refractivity contribution in [2.24, 2.45) is 0 Å². The van der Waals surface area contributed by atoms with Gasteiger partial charge in [0.15, 0.2) is 5.11 Å². The molecule has 1 aliphatic heterocycles. The van der Waals surface area contributed by atoms with Gasteiger partial charge in [0.2, 0.25) is 10.0 Å². The van der Waals surface area contributed by atoms with E-state index in [0.29, 0.717) is 16.5 Å². The fourth-order valence-corrected chi connectivity index (χ4v) is 6.36. The number of methoxy groups -OCH3 is 1. The first-order chi connectivity index (χ1) is 19.5. The molecule has 0 saturated carbocycles. The summed E-state index contributed by atoms with van der Waals surface area (Å²) >= 11 is 5.91. The number of anilines is 3. The molecular formula is C30H34N6O3S2. The molecule has 3 heterocycles. The number of aryl methyl sites for hydroxylation is 1. The van der Waals surface area contributed by atoms with E-state index in [1.807, 2.05) is 38.4 Å². The summed E-state index contributed by atoms with van der Waals surface area (Å²) in [4.78, 5) is 8.81. The van der Waals surface area contributed by atoms with E-state index in [9.17, 15) is 8.42 Å². The summed E-state index contributed by atoms with van der Waals surface area (Å²) in [6.45, 7) is 4.22. The Hall–Kier alpha value is -4.09. The summed E-state index contributed by atoms with van der Waals surface area (Å²) < 4.78 is 34.2. The summed E-state index contributed by atoms with van der Waals surface area (Å²) in [7, 11) is 2.08. The topological polar surface area (TPSA) is 91.7 Å². The molecule has 2 aromatic heterocycles. The summed E-state index contributed by atoms with van der Waals surface area (Å²) in [6.07, 6.45) is 2.89. The van der Waals surface area contributed by atoms with Crippen molar-refractivity contribution in [3.05, 3.63) is 95.6 Å². The first kappa shape index (κ1) is 28.4. The second kappa shape index (κ2) is 11.1. The van der Waals surface area contributed by atoms with Gasteiger partial charge in [-0.2, -0.15) is 0 Å². The van der Waals surface area contributed by atoms with Crippen molar-refractivity contribution in [3.8, 4) is 11.4 Å². The number of rotatable bonds is 8. The molecule has 2 unspecified atom stereocenters. The van der Waals surface area contributed by atoms with Crippen LogP contribution in [0.4, 0.5) is 17.1 Å². The van der Waals surface area contributed by atoms with Crippen molar-refractivity contribution in [3.63, 3.8) is 0 Å². The first-order valence-corrected chi connectivity index (χ1v) is 15.4. The number of hydrogen-bond donors (Lipinski definition) is 2. The van der Waals surface area contributed by atoms with Gasteiger partial charge in [0.25, 0.3) is 0 Å². The largest absolute Gasteiger partial charge is 0.494 e. The van der Waals surface area contributed by atoms with Crippen molar-refractivity contribution in [1.29, 1.82) is 0 Å². The van der Waals surface area contributed by atoms with Gasteiger partial charge in [-0.05, 0) is 86.2 Å². The van der Waals surface area contributed by atoms with Crippen molar-refractivity contribution in [2.45, 2.75) is 25.9 Å². The molecule has 41 heavy (non-hydrogen) atoms. The molecule has 1 fully saturated rings. The summed E-state index contributed by atoms with van der Waals surface area (Å²) in [6, 6.07) is 21.4. The molecule has 2 atom stereocenters. The zero-order valence-electron chi connectivity index (χ0n) is 23.9. The fourth-order valence-electron chi connectivity index (χ4n) is 5.45. The molecule has 1 aliphatic rings. The zero-order valence-corrected chi connectivity index (χ0v) is 25.5. The number of sulfonamides is 1. The summed E-state index contributed by atoms with van der Waals surface area (Å²) in [5.41, 5.74) is 7.47. The molecule has 2 N–H and O–H groups in total. The van der Waals surface area contributed by atoms with Crippen molar-refractivity contribution in [1.82, 2.24) is 14.9 Å². The van der Waals surface area contributed by atoms with Crippen LogP contribution in [-0.4, -0.2) is 50.5 Å². The van der Waals surface area contributed by atoms with Gasteiger partial charge >= 0.3 is 0 Å². The fraction of sp³-hybridized carbons (Fsp3) is 0.267. The van der Waals surface area contributed by atoms with Crippen LogP contribution >= 0.6 is 12.2 Å².